The molecule has 1 fully saturated rings. The van der Waals surface area contributed by atoms with E-state index in [4.69, 9.17) is 0 Å². The number of hydrogen-bond acceptors (Lipinski definition) is 3. The molecule has 4 aromatic rings. The molecule has 2 amide bonds. The van der Waals surface area contributed by atoms with Crippen LogP contribution in [0.1, 0.15) is 42.0 Å². The van der Waals surface area contributed by atoms with Crippen LogP contribution in [0.3, 0.4) is 0 Å². The average Bonchev–Trinajstić information content (AvgIpc) is 3.30. The van der Waals surface area contributed by atoms with Gasteiger partial charge in [0.15, 0.2) is 0 Å². The zero-order valence-electron chi connectivity index (χ0n) is 19.7. The highest BCUT2D eigenvalue weighted by molar-refractivity contribution is 6.00. The standard InChI is InChI=1S/C28H25FN4O2/c1-15-8-9-19-20(12-15)21-13-28(2,24(19)33(3)25(21)34)26(35)32-27-30-14-23(31-27)18-10-11-22(29)17-7-5-4-6-16(17)18/h4-12,14,21,24H,13H2,1-3H3,(H2,30,31,32,35)/t21-,24?,28+/m0/s1. The van der Waals surface area contributed by atoms with Gasteiger partial charge in [-0.25, -0.2) is 9.37 Å². The van der Waals surface area contributed by atoms with Gasteiger partial charge in [0.25, 0.3) is 0 Å². The minimum absolute atomic E-state index is 0.0573. The molecule has 6 nitrogen and oxygen atoms in total. The van der Waals surface area contributed by atoms with Crippen molar-refractivity contribution >= 4 is 28.5 Å². The quantitative estimate of drug-likeness (QED) is 0.427. The monoisotopic (exact) mass is 468 g/mol. The van der Waals surface area contributed by atoms with Gasteiger partial charge >= 0.3 is 0 Å². The maximum atomic E-state index is 14.3. The highest BCUT2D eigenvalue weighted by atomic mass is 19.1. The van der Waals surface area contributed by atoms with Crippen LogP contribution < -0.4 is 5.32 Å². The molecule has 1 aliphatic carbocycles. The highest BCUT2D eigenvalue weighted by Crippen LogP contribution is 2.57. The number of aromatic nitrogens is 2. The normalized spacial score (nSPS) is 23.0. The number of amides is 2. The number of halogens is 1. The highest BCUT2D eigenvalue weighted by Gasteiger charge is 2.57. The predicted octanol–water partition coefficient (Wildman–Crippen LogP) is 5.32. The molecule has 2 aliphatic heterocycles. The van der Waals surface area contributed by atoms with Crippen molar-refractivity contribution in [2.45, 2.75) is 32.2 Å². The molecule has 3 aromatic carbocycles. The van der Waals surface area contributed by atoms with Gasteiger partial charge in [-0.05, 0) is 48.9 Å². The Balaban J connectivity index is 1.32. The Morgan fingerprint density at radius 2 is 1.91 bits per heavy atom. The number of likely N-dealkylation sites (N-methyl/N-ethyl adjacent to an activating group) is 1. The average molecular weight is 469 g/mol. The van der Waals surface area contributed by atoms with Gasteiger partial charge in [-0.1, -0.05) is 48.0 Å². The lowest BCUT2D eigenvalue weighted by molar-refractivity contribution is -0.151. The van der Waals surface area contributed by atoms with Crippen LogP contribution in [0.4, 0.5) is 10.3 Å². The van der Waals surface area contributed by atoms with E-state index in [0.717, 1.165) is 27.6 Å². The van der Waals surface area contributed by atoms with Crippen molar-refractivity contribution in [3.63, 3.8) is 0 Å². The Hall–Kier alpha value is -4.00. The summed E-state index contributed by atoms with van der Waals surface area (Å²) in [6.45, 7) is 3.94. The van der Waals surface area contributed by atoms with Gasteiger partial charge in [0.05, 0.1) is 29.3 Å². The summed E-state index contributed by atoms with van der Waals surface area (Å²) >= 11 is 0. The van der Waals surface area contributed by atoms with Crippen LogP contribution in [0.25, 0.3) is 22.0 Å². The SMILES string of the molecule is Cc1ccc2c(c1)[C@@H]1C[C@@](C)(C(=O)Nc3ncc(-c4ccc(F)c5ccccc45)[nH]3)C2N(C)C1=O. The maximum absolute atomic E-state index is 14.3. The van der Waals surface area contributed by atoms with Crippen molar-refractivity contribution in [3.8, 4) is 11.3 Å². The molecular weight excluding hydrogens is 443 g/mol. The fourth-order valence-corrected chi connectivity index (χ4v) is 5.95. The molecule has 1 saturated heterocycles. The van der Waals surface area contributed by atoms with E-state index in [1.807, 2.05) is 38.1 Å². The number of anilines is 1. The lowest BCUT2D eigenvalue weighted by atomic mass is 9.60. The molecule has 3 aliphatic rings. The Kier molecular flexibility index (Phi) is 4.61. The summed E-state index contributed by atoms with van der Waals surface area (Å²) in [7, 11) is 1.78. The molecule has 35 heavy (non-hydrogen) atoms. The number of benzene rings is 3. The first-order valence-electron chi connectivity index (χ1n) is 11.7. The van der Waals surface area contributed by atoms with E-state index in [-0.39, 0.29) is 29.6 Å². The summed E-state index contributed by atoms with van der Waals surface area (Å²) in [6.07, 6.45) is 2.08. The molecule has 3 heterocycles. The number of fused-ring (bicyclic) bond motifs is 3. The van der Waals surface area contributed by atoms with Crippen LogP contribution in [0.2, 0.25) is 0 Å². The Morgan fingerprint density at radius 1 is 1.14 bits per heavy atom. The number of piperidine rings is 1. The summed E-state index contributed by atoms with van der Waals surface area (Å²) < 4.78 is 14.3. The molecule has 0 radical (unpaired) electrons. The van der Waals surface area contributed by atoms with Gasteiger partial charge < -0.3 is 9.88 Å². The van der Waals surface area contributed by atoms with Gasteiger partial charge in [-0.15, -0.1) is 0 Å². The Labute approximate surface area is 202 Å². The zero-order chi connectivity index (χ0) is 24.5. The first-order chi connectivity index (χ1) is 16.8. The second-order valence-electron chi connectivity index (χ2n) is 9.90. The minimum atomic E-state index is -0.814. The van der Waals surface area contributed by atoms with Gasteiger partial charge in [0, 0.05) is 18.0 Å². The van der Waals surface area contributed by atoms with E-state index in [2.05, 4.69) is 21.4 Å². The van der Waals surface area contributed by atoms with Crippen molar-refractivity contribution in [3.05, 3.63) is 83.3 Å². The van der Waals surface area contributed by atoms with Crippen molar-refractivity contribution in [2.75, 3.05) is 12.4 Å². The molecular formula is C28H25FN4O2. The number of rotatable bonds is 3. The van der Waals surface area contributed by atoms with E-state index in [0.29, 0.717) is 23.4 Å². The third kappa shape index (κ3) is 3.11. The first-order valence-corrected chi connectivity index (χ1v) is 11.7. The van der Waals surface area contributed by atoms with E-state index in [1.165, 1.54) is 6.07 Å². The van der Waals surface area contributed by atoms with Crippen LogP contribution in [-0.4, -0.2) is 33.7 Å². The van der Waals surface area contributed by atoms with Crippen LogP contribution in [-0.2, 0) is 9.59 Å². The molecule has 2 bridgehead atoms. The topological polar surface area (TPSA) is 78.1 Å². The Bertz CT molecular complexity index is 1530. The van der Waals surface area contributed by atoms with Crippen molar-refractivity contribution in [2.24, 2.45) is 5.41 Å². The van der Waals surface area contributed by atoms with Gasteiger partial charge in [0.2, 0.25) is 17.8 Å². The second kappa shape index (κ2) is 7.50. The van der Waals surface area contributed by atoms with Crippen molar-refractivity contribution < 1.29 is 14.0 Å². The van der Waals surface area contributed by atoms with Crippen LogP contribution in [0, 0.1) is 18.2 Å². The van der Waals surface area contributed by atoms with E-state index >= 15 is 0 Å². The predicted molar refractivity (Wildman–Crippen MR) is 132 cm³/mol. The zero-order valence-corrected chi connectivity index (χ0v) is 19.7. The van der Waals surface area contributed by atoms with E-state index in [1.54, 1.807) is 36.3 Å². The smallest absolute Gasteiger partial charge is 0.235 e. The van der Waals surface area contributed by atoms with E-state index in [9.17, 15) is 14.0 Å². The number of nitrogens with zero attached hydrogens (tertiary/aromatic N) is 2. The molecule has 176 valence electrons. The fraction of sp³-hybridized carbons (Fsp3) is 0.250. The lowest BCUT2D eigenvalue weighted by Crippen LogP contribution is -2.57. The maximum Gasteiger partial charge on any atom is 0.235 e. The van der Waals surface area contributed by atoms with Crippen LogP contribution in [0.15, 0.2) is 60.8 Å². The summed E-state index contributed by atoms with van der Waals surface area (Å²) in [6, 6.07) is 16.2. The number of aryl methyl sites for hydroxylation is 1. The number of carbonyl (C=O) groups is 2. The molecule has 1 unspecified atom stereocenters. The van der Waals surface area contributed by atoms with Crippen molar-refractivity contribution in [1.82, 2.24) is 14.9 Å². The molecule has 7 heteroatoms. The van der Waals surface area contributed by atoms with Gasteiger partial charge in [0.1, 0.15) is 5.82 Å². The summed E-state index contributed by atoms with van der Waals surface area (Å²) in [5, 5.41) is 4.23. The number of H-pyrrole nitrogens is 1. The number of hydrogen-bond donors (Lipinski definition) is 2. The summed E-state index contributed by atoms with van der Waals surface area (Å²) in [4.78, 5) is 35.9. The summed E-state index contributed by atoms with van der Waals surface area (Å²) in [5.74, 6) is -0.441. The van der Waals surface area contributed by atoms with Crippen LogP contribution >= 0.6 is 0 Å². The molecule has 7 rings (SSSR count). The fourth-order valence-electron chi connectivity index (χ4n) is 5.95. The molecule has 3 atom stereocenters. The van der Waals surface area contributed by atoms with Crippen molar-refractivity contribution in [1.29, 1.82) is 0 Å². The summed E-state index contributed by atoms with van der Waals surface area (Å²) in [5.41, 5.74) is 3.84. The molecule has 0 spiro atoms. The number of imidazole rings is 1. The number of nitrogens with one attached hydrogen (secondary N) is 2. The first kappa shape index (κ1) is 21.5. The number of aromatic amines is 1. The largest absolute Gasteiger partial charge is 0.337 e. The molecule has 2 N–H and O–H groups in total. The third-order valence-electron chi connectivity index (χ3n) is 7.66. The third-order valence-corrected chi connectivity index (χ3v) is 7.66. The van der Waals surface area contributed by atoms with E-state index < -0.39 is 5.41 Å². The molecule has 1 aromatic heterocycles. The minimum Gasteiger partial charge on any atom is -0.337 e. The van der Waals surface area contributed by atoms with Gasteiger partial charge in [-0.3, -0.25) is 14.9 Å². The Morgan fingerprint density at radius 3 is 2.71 bits per heavy atom. The second-order valence-corrected chi connectivity index (χ2v) is 9.90. The number of carbonyl (C=O) groups excluding carboxylic acids is 2. The van der Waals surface area contributed by atoms with Gasteiger partial charge in [-0.2, -0.15) is 0 Å². The lowest BCUT2D eigenvalue weighted by Gasteiger charge is -2.53. The van der Waals surface area contributed by atoms with Crippen LogP contribution in [0.5, 0.6) is 0 Å². The molecule has 0 saturated carbocycles.